The van der Waals surface area contributed by atoms with Crippen molar-refractivity contribution in [2.24, 2.45) is 0 Å². The third kappa shape index (κ3) is 5.39. The van der Waals surface area contributed by atoms with E-state index in [9.17, 15) is 14.3 Å². The van der Waals surface area contributed by atoms with Gasteiger partial charge in [0.25, 0.3) is 5.91 Å². The van der Waals surface area contributed by atoms with E-state index in [1.807, 2.05) is 13.0 Å². The fraction of sp³-hybridized carbons (Fsp3) is 0.588. The molecule has 0 aliphatic carbocycles. The predicted octanol–water partition coefficient (Wildman–Crippen LogP) is 2.77. The van der Waals surface area contributed by atoms with Gasteiger partial charge in [0.05, 0.1) is 12.6 Å². The Morgan fingerprint density at radius 3 is 2.59 bits per heavy atom. The molecule has 0 spiro atoms. The van der Waals surface area contributed by atoms with Gasteiger partial charge in [-0.15, -0.1) is 0 Å². The zero-order chi connectivity index (χ0) is 16.6. The van der Waals surface area contributed by atoms with E-state index in [2.05, 4.69) is 5.32 Å². The van der Waals surface area contributed by atoms with Gasteiger partial charge in [-0.2, -0.15) is 0 Å². The smallest absolute Gasteiger partial charge is 0.257 e. The van der Waals surface area contributed by atoms with Gasteiger partial charge in [-0.05, 0) is 18.9 Å². The first-order valence-corrected chi connectivity index (χ1v) is 7.64. The molecule has 1 rings (SSSR count). The second kappa shape index (κ2) is 8.86. The van der Waals surface area contributed by atoms with Gasteiger partial charge >= 0.3 is 0 Å². The second-order valence-electron chi connectivity index (χ2n) is 5.69. The van der Waals surface area contributed by atoms with Gasteiger partial charge in [0.1, 0.15) is 6.10 Å². The normalized spacial score (nSPS) is 16.6. The zero-order valence-corrected chi connectivity index (χ0v) is 13.5. The van der Waals surface area contributed by atoms with E-state index < -0.39 is 23.7 Å². The number of unbranched alkanes of at least 4 members (excludes halogenated alkanes) is 1. The largest absolute Gasteiger partial charge is 0.386 e. The lowest BCUT2D eigenvalue weighted by atomic mass is 9.98. The number of carbonyl (C=O) groups is 1. The van der Waals surface area contributed by atoms with Gasteiger partial charge in [0.2, 0.25) is 0 Å². The van der Waals surface area contributed by atoms with Gasteiger partial charge in [0.15, 0.2) is 5.67 Å². The first-order valence-electron chi connectivity index (χ1n) is 7.64. The summed E-state index contributed by atoms with van der Waals surface area (Å²) in [4.78, 5) is 12.1. The number of alkyl halides is 1. The highest BCUT2D eigenvalue weighted by atomic mass is 19.1. The second-order valence-corrected chi connectivity index (χ2v) is 5.69. The van der Waals surface area contributed by atoms with Crippen LogP contribution in [0.1, 0.15) is 44.8 Å². The molecule has 0 unspecified atom stereocenters. The van der Waals surface area contributed by atoms with E-state index in [1.54, 1.807) is 24.3 Å². The van der Waals surface area contributed by atoms with Crippen LogP contribution in [-0.4, -0.2) is 36.4 Å². The highest BCUT2D eigenvalue weighted by molar-refractivity contribution is 5.84. The third-order valence-electron chi connectivity index (χ3n) is 3.66. The monoisotopic (exact) mass is 311 g/mol. The summed E-state index contributed by atoms with van der Waals surface area (Å²) in [6.07, 6.45) is 0.667. The Hall–Kier alpha value is -1.46. The van der Waals surface area contributed by atoms with Crippen molar-refractivity contribution in [3.63, 3.8) is 0 Å². The maximum absolute atomic E-state index is 14.4. The Morgan fingerprint density at radius 2 is 2.05 bits per heavy atom. The molecular formula is C17H26FNO3. The Balaban J connectivity index is 2.77. The van der Waals surface area contributed by atoms with Gasteiger partial charge < -0.3 is 15.2 Å². The van der Waals surface area contributed by atoms with Crippen molar-refractivity contribution in [1.29, 1.82) is 0 Å². The number of hydrogen-bond donors (Lipinski definition) is 2. The summed E-state index contributed by atoms with van der Waals surface area (Å²) in [6.45, 7) is 3.32. The number of benzene rings is 1. The van der Waals surface area contributed by atoms with Crippen LogP contribution in [-0.2, 0) is 9.53 Å². The van der Waals surface area contributed by atoms with Crippen LogP contribution in [0.25, 0.3) is 0 Å². The Bertz CT molecular complexity index is 450. The number of halogens is 1. The number of hydrogen-bond acceptors (Lipinski definition) is 3. The summed E-state index contributed by atoms with van der Waals surface area (Å²) >= 11 is 0. The SMILES string of the molecule is CCCC[C@](C)(F)C(=O)N[C@@H](COC)[C@@H](O)c1ccccc1. The minimum atomic E-state index is -1.95. The minimum absolute atomic E-state index is 0.103. The summed E-state index contributed by atoms with van der Waals surface area (Å²) in [5.41, 5.74) is -1.29. The molecule has 0 aromatic heterocycles. The zero-order valence-electron chi connectivity index (χ0n) is 13.5. The molecule has 4 nitrogen and oxygen atoms in total. The van der Waals surface area contributed by atoms with Crippen LogP contribution >= 0.6 is 0 Å². The van der Waals surface area contributed by atoms with E-state index in [0.29, 0.717) is 12.0 Å². The number of rotatable bonds is 9. The molecular weight excluding hydrogens is 285 g/mol. The Kier molecular flexibility index (Phi) is 7.48. The molecule has 0 heterocycles. The van der Waals surface area contributed by atoms with Crippen LogP contribution in [0.15, 0.2) is 30.3 Å². The lowest BCUT2D eigenvalue weighted by Crippen LogP contribution is -2.49. The number of carbonyl (C=O) groups excluding carboxylic acids is 1. The van der Waals surface area contributed by atoms with Crippen LogP contribution in [0, 0.1) is 0 Å². The summed E-state index contributed by atoms with van der Waals surface area (Å²) in [6, 6.07) is 8.24. The van der Waals surface area contributed by atoms with E-state index in [1.165, 1.54) is 14.0 Å². The van der Waals surface area contributed by atoms with Crippen molar-refractivity contribution in [2.75, 3.05) is 13.7 Å². The van der Waals surface area contributed by atoms with Gasteiger partial charge in [-0.1, -0.05) is 50.1 Å². The van der Waals surface area contributed by atoms with Gasteiger partial charge in [0, 0.05) is 7.11 Å². The highest BCUT2D eigenvalue weighted by Gasteiger charge is 2.35. The molecule has 5 heteroatoms. The van der Waals surface area contributed by atoms with E-state index >= 15 is 0 Å². The molecule has 0 aliphatic rings. The van der Waals surface area contributed by atoms with Crippen molar-refractivity contribution >= 4 is 5.91 Å². The molecule has 3 atom stereocenters. The minimum Gasteiger partial charge on any atom is -0.386 e. The van der Waals surface area contributed by atoms with Crippen LogP contribution in [0.5, 0.6) is 0 Å². The summed E-state index contributed by atoms with van der Waals surface area (Å²) < 4.78 is 19.4. The average molecular weight is 311 g/mol. The summed E-state index contributed by atoms with van der Waals surface area (Å²) in [5.74, 6) is -0.710. The number of ether oxygens (including phenoxy) is 1. The fourth-order valence-electron chi connectivity index (χ4n) is 2.21. The molecule has 0 bridgehead atoms. The first-order chi connectivity index (χ1) is 10.4. The maximum atomic E-state index is 14.4. The summed E-state index contributed by atoms with van der Waals surface area (Å²) in [7, 11) is 1.47. The van der Waals surface area contributed by atoms with Gasteiger partial charge in [-0.3, -0.25) is 4.79 Å². The highest BCUT2D eigenvalue weighted by Crippen LogP contribution is 2.22. The number of methoxy groups -OCH3 is 1. The number of nitrogens with one attached hydrogen (secondary N) is 1. The van der Waals surface area contributed by atoms with Crippen LogP contribution in [0.2, 0.25) is 0 Å². The Labute approximate surface area is 131 Å². The lowest BCUT2D eigenvalue weighted by Gasteiger charge is -2.27. The average Bonchev–Trinajstić information content (AvgIpc) is 2.52. The molecule has 1 amide bonds. The maximum Gasteiger partial charge on any atom is 0.257 e. The fourth-order valence-corrected chi connectivity index (χ4v) is 2.21. The molecule has 0 saturated heterocycles. The molecule has 1 aromatic carbocycles. The predicted molar refractivity (Wildman–Crippen MR) is 84.2 cm³/mol. The van der Waals surface area contributed by atoms with Crippen molar-refractivity contribution in [3.05, 3.63) is 35.9 Å². The standard InChI is InChI=1S/C17H26FNO3/c1-4-5-11-17(2,18)16(21)19-14(12-22-3)15(20)13-9-7-6-8-10-13/h6-10,14-15,20H,4-5,11-12H2,1-3H3,(H,19,21)/t14-,15-,17-/m0/s1. The van der Waals surface area contributed by atoms with Crippen LogP contribution < -0.4 is 5.32 Å². The van der Waals surface area contributed by atoms with Crippen molar-refractivity contribution in [1.82, 2.24) is 5.32 Å². The topological polar surface area (TPSA) is 58.6 Å². The lowest BCUT2D eigenvalue weighted by molar-refractivity contribution is -0.134. The van der Waals surface area contributed by atoms with E-state index in [0.717, 1.165) is 6.42 Å². The first kappa shape index (κ1) is 18.6. The van der Waals surface area contributed by atoms with Crippen molar-refractivity contribution in [3.8, 4) is 0 Å². The molecule has 0 aliphatic heterocycles. The quantitative estimate of drug-likeness (QED) is 0.737. The van der Waals surface area contributed by atoms with Gasteiger partial charge in [-0.25, -0.2) is 4.39 Å². The number of aliphatic hydroxyl groups is 1. The molecule has 124 valence electrons. The van der Waals surface area contributed by atoms with Crippen LogP contribution in [0.3, 0.4) is 0 Å². The molecule has 2 N–H and O–H groups in total. The molecule has 1 aromatic rings. The number of amides is 1. The van der Waals surface area contributed by atoms with E-state index in [-0.39, 0.29) is 13.0 Å². The summed E-state index contributed by atoms with van der Waals surface area (Å²) in [5, 5.41) is 13.0. The molecule has 0 radical (unpaired) electrons. The van der Waals surface area contributed by atoms with Crippen molar-refractivity contribution in [2.45, 2.75) is 50.9 Å². The van der Waals surface area contributed by atoms with Crippen molar-refractivity contribution < 1.29 is 19.0 Å². The number of aliphatic hydroxyl groups excluding tert-OH is 1. The third-order valence-corrected chi connectivity index (χ3v) is 3.66. The van der Waals surface area contributed by atoms with Crippen LogP contribution in [0.4, 0.5) is 4.39 Å². The Morgan fingerprint density at radius 1 is 1.41 bits per heavy atom. The van der Waals surface area contributed by atoms with E-state index in [4.69, 9.17) is 4.74 Å². The molecule has 0 fully saturated rings. The molecule has 0 saturated carbocycles. The molecule has 22 heavy (non-hydrogen) atoms.